The Hall–Kier alpha value is -3.30. The monoisotopic (exact) mass is 603 g/mol. The molecule has 236 valence electrons. The number of piperidine rings is 1. The van der Waals surface area contributed by atoms with Gasteiger partial charge in [0.2, 0.25) is 5.91 Å². The summed E-state index contributed by atoms with van der Waals surface area (Å²) in [5.41, 5.74) is 4.14. The minimum absolute atomic E-state index is 0.0641. The summed E-state index contributed by atoms with van der Waals surface area (Å²) in [6.45, 7) is 13.2. The smallest absolute Gasteiger partial charge is 0.256 e. The Balaban J connectivity index is 1.20. The van der Waals surface area contributed by atoms with E-state index in [1.165, 1.54) is 17.7 Å². The molecule has 0 aliphatic carbocycles. The van der Waals surface area contributed by atoms with Gasteiger partial charge in [0.25, 0.3) is 5.91 Å². The predicted octanol–water partition coefficient (Wildman–Crippen LogP) is 4.83. The highest BCUT2D eigenvalue weighted by molar-refractivity contribution is 5.99. The highest BCUT2D eigenvalue weighted by Gasteiger charge is 2.34. The Kier molecular flexibility index (Phi) is 8.79. The average Bonchev–Trinajstić information content (AvgIpc) is 3.69. The number of likely N-dealkylation sites (tertiary alicyclic amines) is 3. The molecule has 5 heterocycles. The van der Waals surface area contributed by atoms with Crippen molar-refractivity contribution in [1.29, 1.82) is 0 Å². The van der Waals surface area contributed by atoms with Gasteiger partial charge in [0.05, 0.1) is 29.1 Å². The molecule has 3 aromatic rings. The van der Waals surface area contributed by atoms with E-state index < -0.39 is 11.9 Å². The zero-order chi connectivity index (χ0) is 31.1. The number of aromatic nitrogens is 2. The van der Waals surface area contributed by atoms with Gasteiger partial charge in [-0.15, -0.1) is 0 Å². The third kappa shape index (κ3) is 6.13. The van der Waals surface area contributed by atoms with Crippen LogP contribution in [0.2, 0.25) is 0 Å². The lowest BCUT2D eigenvalue weighted by molar-refractivity contribution is -0.135. The molecule has 0 bridgehead atoms. The van der Waals surface area contributed by atoms with Crippen LogP contribution in [0.5, 0.6) is 0 Å². The van der Waals surface area contributed by atoms with E-state index in [1.807, 2.05) is 42.6 Å². The van der Waals surface area contributed by atoms with Crippen molar-refractivity contribution < 1.29 is 19.1 Å². The Labute approximate surface area is 259 Å². The van der Waals surface area contributed by atoms with Crippen LogP contribution in [0.1, 0.15) is 67.9 Å². The second-order valence-electron chi connectivity index (χ2n) is 13.8. The van der Waals surface area contributed by atoms with Crippen LogP contribution in [0, 0.1) is 30.5 Å². The van der Waals surface area contributed by atoms with Crippen molar-refractivity contribution in [3.63, 3.8) is 0 Å². The first-order valence-corrected chi connectivity index (χ1v) is 16.3. The third-order valence-corrected chi connectivity index (χ3v) is 10.1. The van der Waals surface area contributed by atoms with Gasteiger partial charge in [-0.2, -0.15) is 0 Å². The number of carbonyl (C=O) groups excluding carboxylic acids is 2. The number of rotatable bonds is 7. The molecule has 0 unspecified atom stereocenters. The molecule has 8 nitrogen and oxygen atoms in total. The van der Waals surface area contributed by atoms with Crippen LogP contribution in [0.25, 0.3) is 16.6 Å². The van der Waals surface area contributed by atoms with Crippen molar-refractivity contribution in [2.75, 3.05) is 39.3 Å². The van der Waals surface area contributed by atoms with Crippen LogP contribution in [-0.4, -0.2) is 92.6 Å². The number of pyridine rings is 1. The summed E-state index contributed by atoms with van der Waals surface area (Å²) in [6.07, 6.45) is 10.0. The fourth-order valence-electron chi connectivity index (χ4n) is 7.75. The van der Waals surface area contributed by atoms with Crippen LogP contribution in [0.3, 0.4) is 0 Å². The van der Waals surface area contributed by atoms with Crippen LogP contribution >= 0.6 is 0 Å². The lowest BCUT2D eigenvalue weighted by Gasteiger charge is -2.34. The third-order valence-electron chi connectivity index (χ3n) is 10.1. The molecule has 3 saturated heterocycles. The number of fused-ring (bicyclic) bond motifs is 1. The molecule has 1 aromatic carbocycles. The fraction of sp³-hybridized carbons (Fsp3) is 0.571. The molecular formula is C35H46FN5O3. The van der Waals surface area contributed by atoms with Crippen molar-refractivity contribution in [3.05, 3.63) is 59.3 Å². The Bertz CT molecular complexity index is 1530. The molecule has 6 rings (SSSR count). The fourth-order valence-corrected chi connectivity index (χ4v) is 7.75. The van der Waals surface area contributed by atoms with Crippen LogP contribution < -0.4 is 0 Å². The van der Waals surface area contributed by atoms with Crippen molar-refractivity contribution >= 4 is 22.7 Å². The molecule has 3 fully saturated rings. The van der Waals surface area contributed by atoms with Crippen molar-refractivity contribution in [2.24, 2.45) is 17.8 Å². The second-order valence-corrected chi connectivity index (χ2v) is 13.8. The summed E-state index contributed by atoms with van der Waals surface area (Å²) >= 11 is 0. The number of benzene rings is 1. The number of carbonyl (C=O) groups is 2. The van der Waals surface area contributed by atoms with Gasteiger partial charge in [0.1, 0.15) is 5.82 Å². The summed E-state index contributed by atoms with van der Waals surface area (Å²) in [6, 6.07) is 4.29. The number of amides is 2. The van der Waals surface area contributed by atoms with Crippen molar-refractivity contribution in [3.8, 4) is 5.69 Å². The molecule has 3 aliphatic heterocycles. The Morgan fingerprint density at radius 2 is 1.82 bits per heavy atom. The van der Waals surface area contributed by atoms with Gasteiger partial charge in [0.15, 0.2) is 0 Å². The predicted molar refractivity (Wildman–Crippen MR) is 169 cm³/mol. The standard InChI is InChI=1S/C35H46FN5O3/c1-22(2)34(43)39-11-8-25(9-12-39)18-38-10-7-26(19-38)14-27-20-41(32-17-37-16-23(3)33(27)32)31-6-5-28(36)15-30(31)35(44)40-21-29(42)13-24(40)4/h5-6,15-17,20,22,24-26,29,42H,7-14,18-19,21H2,1-4H3/t24-,26+,29-/m1/s1. The van der Waals surface area contributed by atoms with E-state index >= 15 is 0 Å². The highest BCUT2D eigenvalue weighted by Crippen LogP contribution is 2.34. The maximum absolute atomic E-state index is 14.6. The van der Waals surface area contributed by atoms with Gasteiger partial charge in [-0.3, -0.25) is 14.6 Å². The number of aryl methyl sites for hydroxylation is 1. The molecule has 0 spiro atoms. The molecule has 9 heteroatoms. The normalized spacial score (nSPS) is 23.4. The van der Waals surface area contributed by atoms with Crippen molar-refractivity contribution in [1.82, 2.24) is 24.3 Å². The number of hydrogen-bond donors (Lipinski definition) is 1. The van der Waals surface area contributed by atoms with E-state index in [4.69, 9.17) is 0 Å². The lowest BCUT2D eigenvalue weighted by atomic mass is 9.95. The summed E-state index contributed by atoms with van der Waals surface area (Å²) in [4.78, 5) is 36.9. The van der Waals surface area contributed by atoms with Gasteiger partial charge in [-0.05, 0) is 93.7 Å². The summed E-state index contributed by atoms with van der Waals surface area (Å²) < 4.78 is 16.6. The first-order valence-electron chi connectivity index (χ1n) is 16.3. The SMILES string of the molecule is Cc1cncc2c1c(C[C@@H]1CCN(CC3CCN(C(=O)C(C)C)CC3)C1)cn2-c1ccc(F)cc1C(=O)N1C[C@H](O)C[C@H]1C. The van der Waals surface area contributed by atoms with Gasteiger partial charge < -0.3 is 24.4 Å². The van der Waals surface area contributed by atoms with Crippen LogP contribution in [0.4, 0.5) is 4.39 Å². The quantitative estimate of drug-likeness (QED) is 0.419. The Morgan fingerprint density at radius 1 is 1.07 bits per heavy atom. The number of aliphatic hydroxyl groups is 1. The van der Waals surface area contributed by atoms with E-state index in [2.05, 4.69) is 23.0 Å². The second kappa shape index (κ2) is 12.6. The van der Waals surface area contributed by atoms with E-state index in [-0.39, 0.29) is 30.3 Å². The summed E-state index contributed by atoms with van der Waals surface area (Å²) in [5, 5.41) is 11.3. The molecule has 3 aliphatic rings. The van der Waals surface area contributed by atoms with E-state index in [0.717, 1.165) is 74.9 Å². The minimum Gasteiger partial charge on any atom is -0.391 e. The number of nitrogens with zero attached hydrogens (tertiary/aromatic N) is 5. The topological polar surface area (TPSA) is 81.9 Å². The number of hydrogen-bond acceptors (Lipinski definition) is 5. The molecule has 2 aromatic heterocycles. The molecule has 3 atom stereocenters. The first kappa shape index (κ1) is 30.7. The maximum atomic E-state index is 14.6. The number of β-amino-alcohol motifs (C(OH)–C–C–N with tert-alkyl or cyclic N) is 1. The molecule has 44 heavy (non-hydrogen) atoms. The van der Waals surface area contributed by atoms with Gasteiger partial charge in [-0.25, -0.2) is 4.39 Å². The molecule has 1 N–H and O–H groups in total. The van der Waals surface area contributed by atoms with Gasteiger partial charge in [-0.1, -0.05) is 13.8 Å². The maximum Gasteiger partial charge on any atom is 0.256 e. The average molecular weight is 604 g/mol. The minimum atomic E-state index is -0.565. The zero-order valence-corrected chi connectivity index (χ0v) is 26.5. The Morgan fingerprint density at radius 3 is 2.52 bits per heavy atom. The van der Waals surface area contributed by atoms with Gasteiger partial charge >= 0.3 is 0 Å². The van der Waals surface area contributed by atoms with Crippen LogP contribution in [-0.2, 0) is 11.2 Å². The van der Waals surface area contributed by atoms with E-state index in [9.17, 15) is 19.1 Å². The zero-order valence-electron chi connectivity index (χ0n) is 26.5. The van der Waals surface area contributed by atoms with E-state index in [0.29, 0.717) is 29.5 Å². The first-order chi connectivity index (χ1) is 21.1. The molecular weight excluding hydrogens is 557 g/mol. The highest BCUT2D eigenvalue weighted by atomic mass is 19.1. The molecule has 0 radical (unpaired) electrons. The molecule has 2 amide bonds. The summed E-state index contributed by atoms with van der Waals surface area (Å²) in [7, 11) is 0. The summed E-state index contributed by atoms with van der Waals surface area (Å²) in [5.74, 6) is 0.765. The number of aliphatic hydroxyl groups excluding tert-OH is 1. The number of halogens is 1. The largest absolute Gasteiger partial charge is 0.391 e. The van der Waals surface area contributed by atoms with Crippen molar-refractivity contribution in [2.45, 2.75) is 71.9 Å². The lowest BCUT2D eigenvalue weighted by Crippen LogP contribution is -2.42. The van der Waals surface area contributed by atoms with E-state index in [1.54, 1.807) is 11.0 Å². The molecule has 0 saturated carbocycles. The van der Waals surface area contributed by atoms with Crippen LogP contribution in [0.15, 0.2) is 36.8 Å². The van der Waals surface area contributed by atoms with Gasteiger partial charge in [0, 0.05) is 62.5 Å².